The highest BCUT2D eigenvalue weighted by atomic mass is 32.2. The van der Waals surface area contributed by atoms with E-state index < -0.39 is 10.1 Å². The average Bonchev–Trinajstić information content (AvgIpc) is 2.42. The molecule has 3 N–H and O–H groups in total. The Morgan fingerprint density at radius 2 is 1.63 bits per heavy atom. The van der Waals surface area contributed by atoms with Crippen molar-refractivity contribution in [2.45, 2.75) is 4.90 Å². The van der Waals surface area contributed by atoms with Crippen molar-refractivity contribution in [3.63, 3.8) is 0 Å². The largest absolute Gasteiger partial charge is 0.399 e. The monoisotopic (exact) mass is 278 g/mol. The molecule has 100 valence electrons. The lowest BCUT2D eigenvalue weighted by molar-refractivity contribution is 0.343. The van der Waals surface area contributed by atoms with Crippen molar-refractivity contribution in [3.05, 3.63) is 54.6 Å². The van der Waals surface area contributed by atoms with Gasteiger partial charge in [0.05, 0.1) is 4.90 Å². The van der Waals surface area contributed by atoms with Crippen LogP contribution in [0.4, 0.5) is 11.4 Å². The zero-order valence-corrected chi connectivity index (χ0v) is 10.9. The molecule has 0 aromatic heterocycles. The normalized spacial score (nSPS) is 11.2. The van der Waals surface area contributed by atoms with Crippen LogP contribution in [0.5, 0.6) is 0 Å². The van der Waals surface area contributed by atoms with E-state index in [2.05, 4.69) is 5.32 Å². The van der Waals surface area contributed by atoms with Gasteiger partial charge < -0.3 is 11.1 Å². The van der Waals surface area contributed by atoms with Gasteiger partial charge in [-0.3, -0.25) is 0 Å². The number of nitrogen functional groups attached to an aromatic ring is 1. The Bertz CT molecular complexity index is 625. The van der Waals surface area contributed by atoms with E-state index in [1.165, 1.54) is 12.1 Å². The van der Waals surface area contributed by atoms with Gasteiger partial charge in [-0.1, -0.05) is 18.2 Å². The Hall–Kier alpha value is -2.05. The molecular weight excluding hydrogens is 264 g/mol. The van der Waals surface area contributed by atoms with Crippen LogP contribution in [0.1, 0.15) is 0 Å². The second-order valence-electron chi connectivity index (χ2n) is 3.83. The summed E-state index contributed by atoms with van der Waals surface area (Å²) in [6, 6.07) is 14.9. The summed E-state index contributed by atoms with van der Waals surface area (Å²) in [6.45, 7) is -0.138. The highest BCUT2D eigenvalue weighted by Crippen LogP contribution is 2.13. The summed E-state index contributed by atoms with van der Waals surface area (Å²) in [5.41, 5.74) is 6.92. The van der Waals surface area contributed by atoms with E-state index in [-0.39, 0.29) is 11.6 Å². The fourth-order valence-electron chi connectivity index (χ4n) is 1.45. The van der Waals surface area contributed by atoms with Crippen LogP contribution >= 0.6 is 0 Å². The highest BCUT2D eigenvalue weighted by Gasteiger charge is 2.13. The summed E-state index contributed by atoms with van der Waals surface area (Å²) in [5.74, 6) is 0. The van der Waals surface area contributed by atoms with Crippen molar-refractivity contribution in [2.75, 3.05) is 17.8 Å². The molecule has 0 aliphatic heterocycles. The molecule has 0 saturated heterocycles. The molecule has 0 unspecified atom stereocenters. The maximum absolute atomic E-state index is 11.8. The molecule has 0 radical (unpaired) electrons. The van der Waals surface area contributed by atoms with Gasteiger partial charge in [0, 0.05) is 11.4 Å². The molecule has 0 heterocycles. The van der Waals surface area contributed by atoms with Gasteiger partial charge in [-0.05, 0) is 36.4 Å². The summed E-state index contributed by atoms with van der Waals surface area (Å²) in [7, 11) is -3.73. The van der Waals surface area contributed by atoms with Gasteiger partial charge in [0.15, 0.2) is 0 Å². The smallest absolute Gasteiger partial charge is 0.298 e. The maximum Gasteiger partial charge on any atom is 0.298 e. The van der Waals surface area contributed by atoms with E-state index in [0.717, 1.165) is 5.69 Å². The molecular formula is C13H14N2O3S. The second kappa shape index (κ2) is 5.73. The van der Waals surface area contributed by atoms with Crippen molar-refractivity contribution in [1.82, 2.24) is 0 Å². The molecule has 0 atom stereocenters. The van der Waals surface area contributed by atoms with Crippen molar-refractivity contribution < 1.29 is 12.6 Å². The predicted molar refractivity (Wildman–Crippen MR) is 74.1 cm³/mol. The first-order chi connectivity index (χ1) is 9.08. The fourth-order valence-corrected chi connectivity index (χ4v) is 2.29. The Morgan fingerprint density at radius 3 is 2.26 bits per heavy atom. The molecule has 2 rings (SSSR count). The zero-order chi connectivity index (χ0) is 13.7. The molecule has 0 saturated carbocycles. The Kier molecular flexibility index (Phi) is 4.03. The minimum Gasteiger partial charge on any atom is -0.399 e. The summed E-state index contributed by atoms with van der Waals surface area (Å²) in [5, 5.41) is 2.84. The summed E-state index contributed by atoms with van der Waals surface area (Å²) in [6.07, 6.45) is 0. The van der Waals surface area contributed by atoms with E-state index in [1.54, 1.807) is 42.5 Å². The molecule has 0 bridgehead atoms. The predicted octanol–water partition coefficient (Wildman–Crippen LogP) is 2.04. The van der Waals surface area contributed by atoms with Crippen LogP contribution in [-0.4, -0.2) is 15.1 Å². The number of hydrogen-bond donors (Lipinski definition) is 2. The lowest BCUT2D eigenvalue weighted by Gasteiger charge is -2.08. The number of rotatable bonds is 5. The molecule has 0 aliphatic rings. The van der Waals surface area contributed by atoms with E-state index in [4.69, 9.17) is 9.92 Å². The fraction of sp³-hybridized carbons (Fsp3) is 0.0769. The van der Waals surface area contributed by atoms with Crippen molar-refractivity contribution in [3.8, 4) is 0 Å². The standard InChI is InChI=1S/C13H14N2O3S/c14-11-6-8-12(9-7-11)15-10-18-19(16,17)13-4-2-1-3-5-13/h1-9,15H,10,14H2. The van der Waals surface area contributed by atoms with Crippen LogP contribution in [0.25, 0.3) is 0 Å². The first kappa shape index (κ1) is 13.4. The Morgan fingerprint density at radius 1 is 1.00 bits per heavy atom. The first-order valence-corrected chi connectivity index (χ1v) is 7.03. The van der Waals surface area contributed by atoms with E-state index in [9.17, 15) is 8.42 Å². The highest BCUT2D eigenvalue weighted by molar-refractivity contribution is 7.86. The van der Waals surface area contributed by atoms with Gasteiger partial charge in [-0.15, -0.1) is 0 Å². The van der Waals surface area contributed by atoms with Crippen LogP contribution in [0.3, 0.4) is 0 Å². The third-order valence-electron chi connectivity index (χ3n) is 2.43. The van der Waals surface area contributed by atoms with Crippen molar-refractivity contribution in [2.24, 2.45) is 0 Å². The van der Waals surface area contributed by atoms with Gasteiger partial charge in [0.1, 0.15) is 6.73 Å². The first-order valence-electron chi connectivity index (χ1n) is 5.62. The maximum atomic E-state index is 11.8. The van der Waals surface area contributed by atoms with E-state index >= 15 is 0 Å². The molecule has 5 nitrogen and oxygen atoms in total. The number of nitrogens with one attached hydrogen (secondary N) is 1. The summed E-state index contributed by atoms with van der Waals surface area (Å²) >= 11 is 0. The topological polar surface area (TPSA) is 81.4 Å². The van der Waals surface area contributed by atoms with Crippen LogP contribution < -0.4 is 11.1 Å². The molecule has 2 aromatic carbocycles. The number of hydrogen-bond acceptors (Lipinski definition) is 5. The van der Waals surface area contributed by atoms with E-state index in [0.29, 0.717) is 5.69 Å². The number of anilines is 2. The summed E-state index contributed by atoms with van der Waals surface area (Å²) in [4.78, 5) is 0.133. The van der Waals surface area contributed by atoms with Crippen LogP contribution in [-0.2, 0) is 14.3 Å². The van der Waals surface area contributed by atoms with Crippen LogP contribution in [0, 0.1) is 0 Å². The summed E-state index contributed by atoms with van der Waals surface area (Å²) < 4.78 is 28.5. The van der Waals surface area contributed by atoms with Gasteiger partial charge in [0.25, 0.3) is 10.1 Å². The van der Waals surface area contributed by atoms with E-state index in [1.807, 2.05) is 0 Å². The third kappa shape index (κ3) is 3.70. The van der Waals surface area contributed by atoms with Crippen molar-refractivity contribution >= 4 is 21.5 Å². The number of benzene rings is 2. The Labute approximate surface area is 112 Å². The van der Waals surface area contributed by atoms with Gasteiger partial charge in [-0.25, -0.2) is 4.18 Å². The zero-order valence-electron chi connectivity index (χ0n) is 10.1. The lowest BCUT2D eigenvalue weighted by Crippen LogP contribution is -2.13. The minimum atomic E-state index is -3.73. The molecule has 0 amide bonds. The van der Waals surface area contributed by atoms with Gasteiger partial charge in [0.2, 0.25) is 0 Å². The number of nitrogens with two attached hydrogens (primary N) is 1. The van der Waals surface area contributed by atoms with Gasteiger partial charge in [-0.2, -0.15) is 8.42 Å². The van der Waals surface area contributed by atoms with Crippen LogP contribution in [0.15, 0.2) is 59.5 Å². The SMILES string of the molecule is Nc1ccc(NCOS(=O)(=O)c2ccccc2)cc1. The molecule has 0 fully saturated rings. The second-order valence-corrected chi connectivity index (χ2v) is 5.44. The quantitative estimate of drug-likeness (QED) is 0.497. The average molecular weight is 278 g/mol. The molecule has 0 spiro atoms. The molecule has 2 aromatic rings. The third-order valence-corrected chi connectivity index (χ3v) is 3.71. The minimum absolute atomic E-state index is 0.133. The van der Waals surface area contributed by atoms with Crippen molar-refractivity contribution in [1.29, 1.82) is 0 Å². The van der Waals surface area contributed by atoms with Gasteiger partial charge >= 0.3 is 0 Å². The molecule has 0 aliphatic carbocycles. The lowest BCUT2D eigenvalue weighted by atomic mass is 10.3. The molecule has 19 heavy (non-hydrogen) atoms. The molecule has 6 heteroatoms. The van der Waals surface area contributed by atoms with Crippen LogP contribution in [0.2, 0.25) is 0 Å². The Balaban J connectivity index is 1.94.